The van der Waals surface area contributed by atoms with Crippen molar-refractivity contribution in [2.75, 3.05) is 12.4 Å². The molecule has 0 radical (unpaired) electrons. The molecule has 0 rings (SSSR count). The molecule has 0 aliphatic rings. The van der Waals surface area contributed by atoms with Gasteiger partial charge >= 0.3 is 0 Å². The molecule has 0 amide bonds. The standard InChI is InChI=1S/C9H16F2OS/c1-8(12)13-7-3-2-4-9(11)5-6-10/h9H,2-7H2,1H3. The van der Waals surface area contributed by atoms with Crippen molar-refractivity contribution in [3.63, 3.8) is 0 Å². The molecular weight excluding hydrogens is 194 g/mol. The van der Waals surface area contributed by atoms with E-state index >= 15 is 0 Å². The highest BCUT2D eigenvalue weighted by Crippen LogP contribution is 2.12. The lowest BCUT2D eigenvalue weighted by atomic mass is 10.1. The van der Waals surface area contributed by atoms with Crippen LogP contribution in [0.4, 0.5) is 8.78 Å². The summed E-state index contributed by atoms with van der Waals surface area (Å²) >= 11 is 1.26. The van der Waals surface area contributed by atoms with Gasteiger partial charge in [0.2, 0.25) is 0 Å². The highest BCUT2D eigenvalue weighted by Gasteiger charge is 2.05. The lowest BCUT2D eigenvalue weighted by molar-refractivity contribution is -0.109. The summed E-state index contributed by atoms with van der Waals surface area (Å²) < 4.78 is 24.3. The Morgan fingerprint density at radius 1 is 1.38 bits per heavy atom. The Morgan fingerprint density at radius 2 is 2.08 bits per heavy atom. The molecule has 0 saturated heterocycles. The van der Waals surface area contributed by atoms with Gasteiger partial charge < -0.3 is 0 Å². The Balaban J connectivity index is 3.11. The van der Waals surface area contributed by atoms with Gasteiger partial charge in [0.1, 0.15) is 6.17 Å². The van der Waals surface area contributed by atoms with Crippen LogP contribution in [0.1, 0.15) is 32.6 Å². The van der Waals surface area contributed by atoms with E-state index in [0.717, 1.165) is 18.6 Å². The van der Waals surface area contributed by atoms with Gasteiger partial charge in [-0.05, 0) is 19.3 Å². The summed E-state index contributed by atoms with van der Waals surface area (Å²) in [6, 6.07) is 0. The number of carbonyl (C=O) groups is 1. The molecule has 13 heavy (non-hydrogen) atoms. The fourth-order valence-corrected chi connectivity index (χ4v) is 1.58. The third-order valence-corrected chi connectivity index (χ3v) is 2.54. The molecule has 0 aromatic heterocycles. The van der Waals surface area contributed by atoms with E-state index in [0.29, 0.717) is 6.42 Å². The Labute approximate surface area is 82.3 Å². The molecule has 0 fully saturated rings. The van der Waals surface area contributed by atoms with Crippen LogP contribution in [-0.4, -0.2) is 23.7 Å². The first-order valence-electron chi connectivity index (χ1n) is 4.50. The molecule has 0 aliphatic heterocycles. The van der Waals surface area contributed by atoms with Crippen LogP contribution in [0.5, 0.6) is 0 Å². The molecule has 0 aromatic rings. The predicted molar refractivity (Wildman–Crippen MR) is 52.5 cm³/mol. The third kappa shape index (κ3) is 9.80. The minimum Gasteiger partial charge on any atom is -0.288 e. The largest absolute Gasteiger partial charge is 0.288 e. The van der Waals surface area contributed by atoms with Crippen molar-refractivity contribution in [3.8, 4) is 0 Å². The van der Waals surface area contributed by atoms with Crippen LogP contribution in [0.15, 0.2) is 0 Å². The van der Waals surface area contributed by atoms with Gasteiger partial charge in [-0.15, -0.1) is 0 Å². The number of rotatable bonds is 7. The Hall–Kier alpha value is -0.120. The molecule has 4 heteroatoms. The van der Waals surface area contributed by atoms with Crippen molar-refractivity contribution in [1.29, 1.82) is 0 Å². The van der Waals surface area contributed by atoms with E-state index in [1.807, 2.05) is 0 Å². The normalized spacial score (nSPS) is 12.8. The molecule has 0 bridgehead atoms. The molecule has 0 spiro atoms. The Bertz CT molecular complexity index is 142. The second kappa shape index (κ2) is 8.48. The predicted octanol–water partition coefficient (Wildman–Crippen LogP) is 3.13. The first-order chi connectivity index (χ1) is 6.16. The Morgan fingerprint density at radius 3 is 2.62 bits per heavy atom. The zero-order valence-electron chi connectivity index (χ0n) is 7.89. The fraction of sp³-hybridized carbons (Fsp3) is 0.889. The van der Waals surface area contributed by atoms with Gasteiger partial charge in [0.05, 0.1) is 6.67 Å². The summed E-state index contributed by atoms with van der Waals surface area (Å²) in [4.78, 5) is 10.5. The molecule has 1 atom stereocenters. The number of carbonyl (C=O) groups excluding carboxylic acids is 1. The lowest BCUT2D eigenvalue weighted by Crippen LogP contribution is -2.01. The molecule has 0 heterocycles. The Kier molecular flexibility index (Phi) is 8.40. The zero-order valence-corrected chi connectivity index (χ0v) is 8.71. The van der Waals surface area contributed by atoms with Crippen molar-refractivity contribution in [2.24, 2.45) is 0 Å². The van der Waals surface area contributed by atoms with Crippen LogP contribution < -0.4 is 0 Å². The van der Waals surface area contributed by atoms with E-state index in [4.69, 9.17) is 0 Å². The maximum Gasteiger partial charge on any atom is 0.185 e. The summed E-state index contributed by atoms with van der Waals surface area (Å²) in [7, 11) is 0. The monoisotopic (exact) mass is 210 g/mol. The third-order valence-electron chi connectivity index (χ3n) is 1.64. The number of unbranched alkanes of at least 4 members (excludes halogenated alkanes) is 1. The van der Waals surface area contributed by atoms with Gasteiger partial charge in [-0.1, -0.05) is 11.8 Å². The van der Waals surface area contributed by atoms with Crippen LogP contribution in [0.2, 0.25) is 0 Å². The fourth-order valence-electron chi connectivity index (χ4n) is 0.947. The van der Waals surface area contributed by atoms with Gasteiger partial charge in [0, 0.05) is 19.1 Å². The van der Waals surface area contributed by atoms with Crippen molar-refractivity contribution in [1.82, 2.24) is 0 Å². The molecule has 0 aliphatic carbocycles. The van der Waals surface area contributed by atoms with Gasteiger partial charge in [-0.3, -0.25) is 9.18 Å². The van der Waals surface area contributed by atoms with Crippen molar-refractivity contribution < 1.29 is 13.6 Å². The molecule has 0 saturated carbocycles. The topological polar surface area (TPSA) is 17.1 Å². The first kappa shape index (κ1) is 12.9. The first-order valence-corrected chi connectivity index (χ1v) is 5.48. The van der Waals surface area contributed by atoms with Gasteiger partial charge in [-0.2, -0.15) is 0 Å². The van der Waals surface area contributed by atoms with Crippen LogP contribution in [0, 0.1) is 0 Å². The highest BCUT2D eigenvalue weighted by atomic mass is 32.2. The quantitative estimate of drug-likeness (QED) is 0.600. The second-order valence-electron chi connectivity index (χ2n) is 2.91. The average molecular weight is 210 g/mol. The molecule has 0 N–H and O–H groups in total. The lowest BCUT2D eigenvalue weighted by Gasteiger charge is -2.04. The van der Waals surface area contributed by atoms with Crippen LogP contribution in [-0.2, 0) is 4.79 Å². The van der Waals surface area contributed by atoms with Crippen molar-refractivity contribution in [3.05, 3.63) is 0 Å². The molecular formula is C9H16F2OS. The summed E-state index contributed by atoms with van der Waals surface area (Å²) in [5.41, 5.74) is 0. The molecule has 1 nitrogen and oxygen atoms in total. The molecule has 0 aromatic carbocycles. The van der Waals surface area contributed by atoms with E-state index < -0.39 is 12.8 Å². The van der Waals surface area contributed by atoms with E-state index in [2.05, 4.69) is 0 Å². The number of thioether (sulfide) groups is 1. The van der Waals surface area contributed by atoms with E-state index in [9.17, 15) is 13.6 Å². The zero-order chi connectivity index (χ0) is 10.1. The minimum absolute atomic E-state index is 0.0137. The van der Waals surface area contributed by atoms with Gasteiger partial charge in [0.25, 0.3) is 0 Å². The summed E-state index contributed by atoms with van der Waals surface area (Å²) in [6.45, 7) is 0.940. The van der Waals surface area contributed by atoms with Crippen LogP contribution >= 0.6 is 11.8 Å². The summed E-state index contributed by atoms with van der Waals surface area (Å²) in [5, 5.41) is 0.0977. The minimum atomic E-state index is -1.01. The number of halogens is 2. The van der Waals surface area contributed by atoms with Gasteiger partial charge in [-0.25, -0.2) is 4.39 Å². The summed E-state index contributed by atoms with van der Waals surface area (Å²) in [5.74, 6) is 0.748. The number of hydrogen-bond acceptors (Lipinski definition) is 2. The molecule has 1 unspecified atom stereocenters. The van der Waals surface area contributed by atoms with Gasteiger partial charge in [0.15, 0.2) is 5.12 Å². The van der Waals surface area contributed by atoms with Crippen molar-refractivity contribution in [2.45, 2.75) is 38.8 Å². The van der Waals surface area contributed by atoms with E-state index in [-0.39, 0.29) is 11.5 Å². The average Bonchev–Trinajstić information content (AvgIpc) is 2.03. The maximum absolute atomic E-state index is 12.7. The number of hydrogen-bond donors (Lipinski definition) is 0. The molecule has 78 valence electrons. The number of alkyl halides is 2. The van der Waals surface area contributed by atoms with Crippen molar-refractivity contribution >= 4 is 16.9 Å². The van der Waals surface area contributed by atoms with E-state index in [1.54, 1.807) is 0 Å². The summed E-state index contributed by atoms with van der Waals surface area (Å²) in [6.07, 6.45) is 0.994. The van der Waals surface area contributed by atoms with E-state index in [1.165, 1.54) is 18.7 Å². The highest BCUT2D eigenvalue weighted by molar-refractivity contribution is 8.13. The second-order valence-corrected chi connectivity index (χ2v) is 4.18. The SMILES string of the molecule is CC(=O)SCCCCC(F)CCF. The van der Waals surface area contributed by atoms with Crippen LogP contribution in [0.3, 0.4) is 0 Å². The maximum atomic E-state index is 12.7. The smallest absolute Gasteiger partial charge is 0.185 e. The van der Waals surface area contributed by atoms with Crippen LogP contribution in [0.25, 0.3) is 0 Å².